The van der Waals surface area contributed by atoms with Gasteiger partial charge < -0.3 is 5.32 Å². The molecule has 1 rings (SSSR count). The lowest BCUT2D eigenvalue weighted by Gasteiger charge is -2.18. The van der Waals surface area contributed by atoms with Gasteiger partial charge in [0.2, 0.25) is 0 Å². The molecule has 1 atom stereocenters. The minimum absolute atomic E-state index is 0.0585. The van der Waals surface area contributed by atoms with E-state index in [0.29, 0.717) is 28.6 Å². The van der Waals surface area contributed by atoms with Crippen LogP contribution in [0.3, 0.4) is 0 Å². The van der Waals surface area contributed by atoms with Crippen molar-refractivity contribution in [2.24, 2.45) is 0 Å². The van der Waals surface area contributed by atoms with Crippen molar-refractivity contribution in [3.05, 3.63) is 28.0 Å². The van der Waals surface area contributed by atoms with E-state index in [1.807, 2.05) is 6.92 Å². The Kier molecular flexibility index (Phi) is 7.23. The number of hydrogen-bond acceptors (Lipinski definition) is 4. The first kappa shape index (κ1) is 17.7. The zero-order chi connectivity index (χ0) is 15.2. The summed E-state index contributed by atoms with van der Waals surface area (Å²) in [6, 6.07) is 1.59. The molecule has 0 bridgehead atoms. The maximum atomic E-state index is 11.5. The van der Waals surface area contributed by atoms with Crippen LogP contribution in [0.4, 0.5) is 0 Å². The zero-order valence-electron chi connectivity index (χ0n) is 11.7. The Labute approximate surface area is 130 Å². The predicted octanol–water partition coefficient (Wildman–Crippen LogP) is 3.25. The number of pyridine rings is 1. The summed E-state index contributed by atoms with van der Waals surface area (Å²) in [7, 11) is -2.93. The Hall–Kier alpha value is -0.360. The number of rotatable bonds is 8. The molecule has 0 aliphatic rings. The van der Waals surface area contributed by atoms with Crippen molar-refractivity contribution in [1.29, 1.82) is 0 Å². The van der Waals surface area contributed by atoms with Gasteiger partial charge in [-0.25, -0.2) is 8.42 Å². The molecule has 0 spiro atoms. The summed E-state index contributed by atoms with van der Waals surface area (Å²) in [5, 5.41) is 4.27. The standard InChI is InChI=1S/C13H20Cl2N2O2S/c1-3-16-12(6-5-7-20(18,19)4-2)13-11(15)8-10(14)9-17-13/h8-9,12,16H,3-7H2,1-2H3. The topological polar surface area (TPSA) is 59.1 Å². The smallest absolute Gasteiger partial charge is 0.150 e. The highest BCUT2D eigenvalue weighted by Gasteiger charge is 2.17. The predicted molar refractivity (Wildman–Crippen MR) is 84.2 cm³/mol. The molecule has 7 heteroatoms. The number of sulfone groups is 1. The molecule has 0 amide bonds. The Bertz CT molecular complexity index is 535. The van der Waals surface area contributed by atoms with Gasteiger partial charge in [0.05, 0.1) is 27.5 Å². The lowest BCUT2D eigenvalue weighted by Crippen LogP contribution is -2.23. The van der Waals surface area contributed by atoms with Gasteiger partial charge in [-0.1, -0.05) is 37.0 Å². The van der Waals surface area contributed by atoms with Gasteiger partial charge in [0.15, 0.2) is 0 Å². The van der Waals surface area contributed by atoms with E-state index >= 15 is 0 Å². The van der Waals surface area contributed by atoms with E-state index < -0.39 is 9.84 Å². The Morgan fingerprint density at radius 3 is 2.60 bits per heavy atom. The lowest BCUT2D eigenvalue weighted by molar-refractivity contribution is 0.496. The SMILES string of the molecule is CCNC(CCCS(=O)(=O)CC)c1ncc(Cl)cc1Cl. The summed E-state index contributed by atoms with van der Waals surface area (Å²) in [5.74, 6) is 0.370. The van der Waals surface area contributed by atoms with Crippen molar-refractivity contribution in [2.45, 2.75) is 32.7 Å². The number of aromatic nitrogens is 1. The van der Waals surface area contributed by atoms with Gasteiger partial charge in [-0.2, -0.15) is 0 Å². The summed E-state index contributed by atoms with van der Waals surface area (Å²) >= 11 is 12.0. The average molecular weight is 339 g/mol. The second kappa shape index (κ2) is 8.17. The van der Waals surface area contributed by atoms with Gasteiger partial charge in [-0.3, -0.25) is 4.98 Å². The molecule has 0 aliphatic carbocycles. The van der Waals surface area contributed by atoms with Crippen molar-refractivity contribution in [3.63, 3.8) is 0 Å². The average Bonchev–Trinajstić information content (AvgIpc) is 2.38. The van der Waals surface area contributed by atoms with Gasteiger partial charge in [0.25, 0.3) is 0 Å². The Morgan fingerprint density at radius 1 is 1.35 bits per heavy atom. The second-order valence-electron chi connectivity index (χ2n) is 4.51. The first-order valence-corrected chi connectivity index (χ1v) is 9.22. The van der Waals surface area contributed by atoms with Crippen LogP contribution in [0.5, 0.6) is 0 Å². The fourth-order valence-corrected chi connectivity index (χ4v) is 3.32. The highest BCUT2D eigenvalue weighted by molar-refractivity contribution is 7.91. The lowest BCUT2D eigenvalue weighted by atomic mass is 10.1. The quantitative estimate of drug-likeness (QED) is 0.790. The van der Waals surface area contributed by atoms with Gasteiger partial charge >= 0.3 is 0 Å². The summed E-state index contributed by atoms with van der Waals surface area (Å²) in [4.78, 5) is 4.26. The minimum Gasteiger partial charge on any atom is -0.309 e. The summed E-state index contributed by atoms with van der Waals surface area (Å²) in [6.45, 7) is 4.40. The van der Waals surface area contributed by atoms with Crippen molar-refractivity contribution >= 4 is 33.0 Å². The largest absolute Gasteiger partial charge is 0.309 e. The molecule has 0 aliphatic heterocycles. The van der Waals surface area contributed by atoms with Crippen LogP contribution in [0, 0.1) is 0 Å². The van der Waals surface area contributed by atoms with Gasteiger partial charge in [-0.15, -0.1) is 0 Å². The molecule has 1 aromatic heterocycles. The molecule has 0 fully saturated rings. The normalized spacial score (nSPS) is 13.4. The maximum absolute atomic E-state index is 11.5. The zero-order valence-corrected chi connectivity index (χ0v) is 14.0. The third-order valence-corrected chi connectivity index (χ3v) is 5.30. The number of hydrogen-bond donors (Lipinski definition) is 1. The maximum Gasteiger partial charge on any atom is 0.150 e. The van der Waals surface area contributed by atoms with E-state index in [2.05, 4.69) is 10.3 Å². The first-order chi connectivity index (χ1) is 9.39. The summed E-state index contributed by atoms with van der Waals surface area (Å²) in [5.41, 5.74) is 0.715. The highest BCUT2D eigenvalue weighted by atomic mass is 35.5. The van der Waals surface area contributed by atoms with Crippen LogP contribution in [-0.2, 0) is 9.84 Å². The van der Waals surface area contributed by atoms with Gasteiger partial charge in [0.1, 0.15) is 9.84 Å². The summed E-state index contributed by atoms with van der Waals surface area (Å²) in [6.07, 6.45) is 2.80. The fourth-order valence-electron chi connectivity index (χ4n) is 1.92. The second-order valence-corrected chi connectivity index (χ2v) is 7.83. The van der Waals surface area contributed by atoms with E-state index in [0.717, 1.165) is 6.54 Å². The van der Waals surface area contributed by atoms with Crippen molar-refractivity contribution in [2.75, 3.05) is 18.1 Å². The molecule has 1 N–H and O–H groups in total. The van der Waals surface area contributed by atoms with Gasteiger partial charge in [-0.05, 0) is 25.5 Å². The third-order valence-electron chi connectivity index (χ3n) is 3.00. The molecule has 0 saturated carbocycles. The number of nitrogens with zero attached hydrogens (tertiary/aromatic N) is 1. The van der Waals surface area contributed by atoms with E-state index in [-0.39, 0.29) is 17.5 Å². The van der Waals surface area contributed by atoms with Crippen LogP contribution in [-0.4, -0.2) is 31.5 Å². The van der Waals surface area contributed by atoms with Crippen LogP contribution < -0.4 is 5.32 Å². The van der Waals surface area contributed by atoms with Crippen LogP contribution in [0.15, 0.2) is 12.3 Å². The van der Waals surface area contributed by atoms with Crippen molar-refractivity contribution in [1.82, 2.24) is 10.3 Å². The molecule has 0 saturated heterocycles. The molecule has 1 aromatic rings. The molecular weight excluding hydrogens is 319 g/mol. The van der Waals surface area contributed by atoms with E-state index in [1.54, 1.807) is 19.2 Å². The first-order valence-electron chi connectivity index (χ1n) is 6.64. The monoisotopic (exact) mass is 338 g/mol. The Morgan fingerprint density at radius 2 is 2.05 bits per heavy atom. The molecule has 0 radical (unpaired) electrons. The van der Waals surface area contributed by atoms with Crippen molar-refractivity contribution in [3.8, 4) is 0 Å². The molecule has 4 nitrogen and oxygen atoms in total. The minimum atomic E-state index is -2.93. The van der Waals surface area contributed by atoms with Crippen LogP contribution in [0.1, 0.15) is 38.4 Å². The molecule has 114 valence electrons. The molecule has 1 unspecified atom stereocenters. The fraction of sp³-hybridized carbons (Fsp3) is 0.615. The van der Waals surface area contributed by atoms with E-state index in [1.165, 1.54) is 0 Å². The Balaban J connectivity index is 2.74. The number of nitrogens with one attached hydrogen (secondary N) is 1. The van der Waals surface area contributed by atoms with Crippen molar-refractivity contribution < 1.29 is 8.42 Å². The van der Waals surface area contributed by atoms with Crippen LogP contribution in [0.2, 0.25) is 10.0 Å². The number of halogens is 2. The molecular formula is C13H20Cl2N2O2S. The highest BCUT2D eigenvalue weighted by Crippen LogP contribution is 2.26. The summed E-state index contributed by atoms with van der Waals surface area (Å²) < 4.78 is 23.0. The molecule has 0 aromatic carbocycles. The van der Waals surface area contributed by atoms with Gasteiger partial charge in [0, 0.05) is 11.9 Å². The van der Waals surface area contributed by atoms with E-state index in [4.69, 9.17) is 23.2 Å². The van der Waals surface area contributed by atoms with Crippen LogP contribution >= 0.6 is 23.2 Å². The molecule has 20 heavy (non-hydrogen) atoms. The van der Waals surface area contributed by atoms with E-state index in [9.17, 15) is 8.42 Å². The van der Waals surface area contributed by atoms with Crippen LogP contribution in [0.25, 0.3) is 0 Å². The molecule has 1 heterocycles. The third kappa shape index (κ3) is 5.56.